The lowest BCUT2D eigenvalue weighted by Gasteiger charge is -2.14. The molecule has 5 nitrogen and oxygen atoms in total. The Labute approximate surface area is 171 Å². The largest absolute Gasteiger partial charge is 0.476 e. The van der Waals surface area contributed by atoms with Gasteiger partial charge in [0, 0.05) is 11.1 Å². The average Bonchev–Trinajstić information content (AvgIpc) is 3.14. The molecular formula is C24H16FN3O2. The van der Waals surface area contributed by atoms with E-state index in [1.54, 1.807) is 22.9 Å². The van der Waals surface area contributed by atoms with Gasteiger partial charge in [0.25, 0.3) is 0 Å². The van der Waals surface area contributed by atoms with Crippen LogP contribution in [0, 0.1) is 5.82 Å². The number of hydrogen-bond donors (Lipinski definition) is 1. The molecule has 0 saturated carbocycles. The molecule has 0 fully saturated rings. The van der Waals surface area contributed by atoms with Gasteiger partial charge in [0.05, 0.1) is 23.6 Å². The van der Waals surface area contributed by atoms with Crippen molar-refractivity contribution in [3.8, 4) is 16.8 Å². The molecule has 30 heavy (non-hydrogen) atoms. The summed E-state index contributed by atoms with van der Waals surface area (Å²) < 4.78 is 16.3. The molecule has 0 atom stereocenters. The third-order valence-corrected chi connectivity index (χ3v) is 5.12. The Morgan fingerprint density at radius 1 is 0.900 bits per heavy atom. The number of aromatic nitrogens is 2. The highest BCUT2D eigenvalue weighted by Gasteiger charge is 2.24. The van der Waals surface area contributed by atoms with Crippen LogP contribution in [0.5, 0.6) is 0 Å². The number of benzene rings is 3. The van der Waals surface area contributed by atoms with Crippen LogP contribution < -0.4 is 0 Å². The zero-order valence-corrected chi connectivity index (χ0v) is 15.8. The van der Waals surface area contributed by atoms with Gasteiger partial charge in [-0.3, -0.25) is 4.99 Å². The van der Waals surface area contributed by atoms with E-state index in [-0.39, 0.29) is 18.1 Å². The first-order chi connectivity index (χ1) is 14.6. The molecule has 0 spiro atoms. The van der Waals surface area contributed by atoms with Crippen molar-refractivity contribution in [2.24, 2.45) is 4.99 Å². The van der Waals surface area contributed by atoms with E-state index in [2.05, 4.69) is 10.1 Å². The predicted molar refractivity (Wildman–Crippen MR) is 112 cm³/mol. The van der Waals surface area contributed by atoms with Crippen LogP contribution >= 0.6 is 0 Å². The quantitative estimate of drug-likeness (QED) is 0.544. The summed E-state index contributed by atoms with van der Waals surface area (Å²) in [5, 5.41) is 13.6. The number of rotatable bonds is 3. The molecule has 3 aromatic carbocycles. The van der Waals surface area contributed by atoms with Gasteiger partial charge >= 0.3 is 5.97 Å². The Morgan fingerprint density at radius 2 is 1.67 bits per heavy atom. The van der Waals surface area contributed by atoms with Gasteiger partial charge in [-0.25, -0.2) is 13.9 Å². The third kappa shape index (κ3) is 2.99. The van der Waals surface area contributed by atoms with E-state index < -0.39 is 5.97 Å². The number of hydrogen-bond acceptors (Lipinski definition) is 3. The molecule has 0 radical (unpaired) electrons. The van der Waals surface area contributed by atoms with Gasteiger partial charge in [0.15, 0.2) is 5.69 Å². The topological polar surface area (TPSA) is 67.5 Å². The monoisotopic (exact) mass is 397 g/mol. The van der Waals surface area contributed by atoms with Gasteiger partial charge < -0.3 is 5.11 Å². The van der Waals surface area contributed by atoms with Gasteiger partial charge in [0.2, 0.25) is 0 Å². The minimum Gasteiger partial charge on any atom is -0.476 e. The highest BCUT2D eigenvalue weighted by Crippen LogP contribution is 2.30. The Balaban J connectivity index is 1.77. The van der Waals surface area contributed by atoms with Crippen LogP contribution in [0.15, 0.2) is 83.9 Å². The first kappa shape index (κ1) is 18.0. The van der Waals surface area contributed by atoms with Crippen molar-refractivity contribution in [1.29, 1.82) is 0 Å². The summed E-state index contributed by atoms with van der Waals surface area (Å²) in [6, 6.07) is 23.7. The predicted octanol–water partition coefficient (Wildman–Crippen LogP) is 4.73. The van der Waals surface area contributed by atoms with Gasteiger partial charge in [-0.15, -0.1) is 0 Å². The number of halogens is 1. The van der Waals surface area contributed by atoms with Crippen LogP contribution in [0.25, 0.3) is 16.8 Å². The van der Waals surface area contributed by atoms with Crippen molar-refractivity contribution >= 4 is 11.7 Å². The standard InChI is InChI=1S/C24H16FN3O2/c25-20-9-5-4-8-18(20)23-19-12-16(15-6-2-1-3-7-15)10-11-22(19)28-17(14-26-23)13-21(27-28)24(29)30/h1-13H,14H2,(H,29,30). The van der Waals surface area contributed by atoms with Crippen LogP contribution in [0.3, 0.4) is 0 Å². The minimum atomic E-state index is -1.10. The van der Waals surface area contributed by atoms with E-state index >= 15 is 0 Å². The molecule has 0 unspecified atom stereocenters. The SMILES string of the molecule is O=C(O)c1cc2n(n1)-c1ccc(-c3ccccc3)cc1C(c1ccccc1F)=NC2. The molecule has 0 amide bonds. The first-order valence-electron chi connectivity index (χ1n) is 9.43. The molecular weight excluding hydrogens is 381 g/mol. The number of carboxylic acid groups (broad SMARTS) is 1. The van der Waals surface area contributed by atoms with Gasteiger partial charge in [-0.2, -0.15) is 5.10 Å². The van der Waals surface area contributed by atoms with E-state index in [1.165, 1.54) is 12.1 Å². The molecule has 0 bridgehead atoms. The van der Waals surface area contributed by atoms with E-state index in [4.69, 9.17) is 0 Å². The molecule has 4 aromatic rings. The van der Waals surface area contributed by atoms with Crippen molar-refractivity contribution < 1.29 is 14.3 Å². The van der Waals surface area contributed by atoms with Crippen LogP contribution in [0.4, 0.5) is 4.39 Å². The van der Waals surface area contributed by atoms with Crippen LogP contribution in [0.2, 0.25) is 0 Å². The maximum absolute atomic E-state index is 14.7. The second-order valence-corrected chi connectivity index (χ2v) is 6.98. The zero-order valence-electron chi connectivity index (χ0n) is 15.8. The van der Waals surface area contributed by atoms with E-state index in [0.29, 0.717) is 28.2 Å². The fourth-order valence-corrected chi connectivity index (χ4v) is 3.69. The lowest BCUT2D eigenvalue weighted by atomic mass is 9.95. The summed E-state index contributed by atoms with van der Waals surface area (Å²) in [7, 11) is 0. The fourth-order valence-electron chi connectivity index (χ4n) is 3.69. The van der Waals surface area contributed by atoms with E-state index in [1.807, 2.05) is 48.5 Å². The molecule has 1 N–H and O–H groups in total. The summed E-state index contributed by atoms with van der Waals surface area (Å²) in [6.45, 7) is 0.194. The molecule has 5 rings (SSSR count). The number of aliphatic imine (C=N–C) groups is 1. The summed E-state index contributed by atoms with van der Waals surface area (Å²) in [5.41, 5.74) is 4.82. The Kier molecular flexibility index (Phi) is 4.25. The van der Waals surface area contributed by atoms with Gasteiger partial charge in [0.1, 0.15) is 5.82 Å². The Bertz CT molecular complexity index is 1310. The molecule has 146 valence electrons. The van der Waals surface area contributed by atoms with Crippen molar-refractivity contribution in [3.05, 3.63) is 107 Å². The smallest absolute Gasteiger partial charge is 0.356 e. The summed E-state index contributed by atoms with van der Waals surface area (Å²) >= 11 is 0. The maximum atomic E-state index is 14.7. The average molecular weight is 397 g/mol. The van der Waals surface area contributed by atoms with Gasteiger partial charge in [-0.05, 0) is 41.5 Å². The van der Waals surface area contributed by atoms with Crippen LogP contribution in [0.1, 0.15) is 27.3 Å². The number of carboxylic acids is 1. The minimum absolute atomic E-state index is 0.0485. The van der Waals surface area contributed by atoms with Crippen LogP contribution in [-0.2, 0) is 6.54 Å². The third-order valence-electron chi connectivity index (χ3n) is 5.12. The lowest BCUT2D eigenvalue weighted by molar-refractivity contribution is 0.0690. The molecule has 1 aliphatic rings. The van der Waals surface area contributed by atoms with Crippen LogP contribution in [-0.4, -0.2) is 26.6 Å². The van der Waals surface area contributed by atoms with Crippen molar-refractivity contribution in [1.82, 2.24) is 9.78 Å². The molecule has 0 aliphatic carbocycles. The van der Waals surface area contributed by atoms with E-state index in [0.717, 1.165) is 11.1 Å². The molecule has 1 aliphatic heterocycles. The molecule has 0 saturated heterocycles. The molecule has 2 heterocycles. The first-order valence-corrected chi connectivity index (χ1v) is 9.43. The second kappa shape index (κ2) is 7.08. The van der Waals surface area contributed by atoms with Crippen molar-refractivity contribution in [3.63, 3.8) is 0 Å². The fraction of sp³-hybridized carbons (Fsp3) is 0.0417. The highest BCUT2D eigenvalue weighted by molar-refractivity contribution is 6.15. The number of aromatic carboxylic acids is 1. The number of nitrogens with zero attached hydrogens (tertiary/aromatic N) is 3. The highest BCUT2D eigenvalue weighted by atomic mass is 19.1. The zero-order chi connectivity index (χ0) is 20.7. The number of carbonyl (C=O) groups is 1. The number of fused-ring (bicyclic) bond motifs is 3. The van der Waals surface area contributed by atoms with Gasteiger partial charge in [-0.1, -0.05) is 48.5 Å². The van der Waals surface area contributed by atoms with Crippen molar-refractivity contribution in [2.75, 3.05) is 0 Å². The summed E-state index contributed by atoms with van der Waals surface area (Å²) in [4.78, 5) is 16.1. The lowest BCUT2D eigenvalue weighted by Crippen LogP contribution is -2.10. The normalized spacial score (nSPS) is 12.5. The Morgan fingerprint density at radius 3 is 2.43 bits per heavy atom. The Hall–Kier alpha value is -4.06. The maximum Gasteiger partial charge on any atom is 0.356 e. The molecule has 6 heteroatoms. The van der Waals surface area contributed by atoms with Crippen molar-refractivity contribution in [2.45, 2.75) is 6.54 Å². The second-order valence-electron chi connectivity index (χ2n) is 6.98. The summed E-state index contributed by atoms with van der Waals surface area (Å²) in [5.74, 6) is -1.46. The summed E-state index contributed by atoms with van der Waals surface area (Å²) in [6.07, 6.45) is 0. The van der Waals surface area contributed by atoms with E-state index in [9.17, 15) is 14.3 Å². The molecule has 1 aromatic heterocycles.